The number of alkyl halides is 1. The molecule has 0 saturated carbocycles. The van der Waals surface area contributed by atoms with E-state index in [1.165, 1.54) is 0 Å². The van der Waals surface area contributed by atoms with Crippen molar-refractivity contribution >= 4 is 57.0 Å². The van der Waals surface area contributed by atoms with E-state index in [4.69, 9.17) is 44.2 Å². The van der Waals surface area contributed by atoms with Crippen LogP contribution in [0.5, 0.6) is 23.0 Å². The number of phenolic OH excluding ortho intramolecular Hbond substituents is 1. The smallest absolute Gasteiger partial charge is 1.00 e. The van der Waals surface area contributed by atoms with E-state index in [2.05, 4.69) is 20.8 Å². The summed E-state index contributed by atoms with van der Waals surface area (Å²) in [6.45, 7) is 1.22. The Balaban J connectivity index is 0.000000314. The van der Waals surface area contributed by atoms with Crippen LogP contribution in [0.2, 0.25) is 0 Å². The van der Waals surface area contributed by atoms with E-state index in [0.717, 1.165) is 85.2 Å². The molecule has 10 rings (SSSR count). The number of phenols is 1. The number of carbonyl (C=O) groups excluding carboxylic acids is 3. The normalized spacial score (nSPS) is 9.82. The zero-order chi connectivity index (χ0) is 51.0. The second-order valence-corrected chi connectivity index (χ2v) is 16.2. The van der Waals surface area contributed by atoms with Gasteiger partial charge >= 0.3 is 103 Å². The maximum Gasteiger partial charge on any atom is 1.00 e. The van der Waals surface area contributed by atoms with Gasteiger partial charge < -0.3 is 30.9 Å². The minimum absolute atomic E-state index is 0. The third-order valence-corrected chi connectivity index (χ3v) is 10.8. The number of aldehydes is 2. The van der Waals surface area contributed by atoms with E-state index in [1.807, 2.05) is 140 Å². The van der Waals surface area contributed by atoms with Crippen LogP contribution in [0.1, 0.15) is 29.6 Å². The van der Waals surface area contributed by atoms with Crippen LogP contribution in [0, 0.1) is 0 Å². The summed E-state index contributed by atoms with van der Waals surface area (Å²) in [4.78, 5) is 51.8. The molecule has 0 saturated heterocycles. The Morgan fingerprint density at radius 3 is 1.11 bits per heavy atom. The quantitative estimate of drug-likeness (QED) is 0.0299. The fourth-order valence-corrected chi connectivity index (χ4v) is 7.28. The van der Waals surface area contributed by atoms with Crippen LogP contribution in [-0.4, -0.2) is 69.2 Å². The molecule has 0 aliphatic rings. The largest absolute Gasteiger partial charge is 1.00 e. The van der Waals surface area contributed by atoms with Crippen LogP contribution in [0.15, 0.2) is 206 Å². The van der Waals surface area contributed by atoms with Crippen molar-refractivity contribution in [3.8, 4) is 68.0 Å². The van der Waals surface area contributed by atoms with E-state index in [-0.39, 0.29) is 124 Å². The molecule has 0 amide bonds. The summed E-state index contributed by atoms with van der Waals surface area (Å²) in [5.41, 5.74) is 11.7. The van der Waals surface area contributed by atoms with Crippen molar-refractivity contribution in [3.63, 3.8) is 0 Å². The molecule has 1 N–H and O–H groups in total. The van der Waals surface area contributed by atoms with Gasteiger partial charge in [0.15, 0.2) is 0 Å². The van der Waals surface area contributed by atoms with E-state index >= 15 is 0 Å². The second-order valence-electron chi connectivity index (χ2n) is 15.4. The zero-order valence-electron chi connectivity index (χ0n) is 42.1. The zero-order valence-corrected chi connectivity index (χ0v) is 48.9. The van der Waals surface area contributed by atoms with Gasteiger partial charge in [0.2, 0.25) is 0 Å². The molecule has 0 radical (unpaired) electrons. The predicted molar refractivity (Wildman–Crippen MR) is 291 cm³/mol. The Bertz CT molecular complexity index is 3340. The van der Waals surface area contributed by atoms with Gasteiger partial charge in [0.1, 0.15) is 48.8 Å². The number of nitrogens with zero attached hydrogens (tertiary/aromatic N) is 4. The van der Waals surface area contributed by atoms with Gasteiger partial charge in [-0.15, -0.1) is 0 Å². The fraction of sp³-hybridized carbons (Fsp3) is 0.0833. The van der Waals surface area contributed by atoms with E-state index < -0.39 is 0 Å². The van der Waals surface area contributed by atoms with Crippen molar-refractivity contribution in [1.29, 1.82) is 0 Å². The standard InChI is InChI=1S/C29H22N2O3.C20H14N2O.C9H9BrO2.CH2O3.CH4.2K.H/c32-20-21-11-13-24(14-12-21)33-17-18-34-25-15-16-26-27(19-25)31-29(23-9-5-2-6-10-23)28(30-26)22-7-3-1-4-8-22;23-16-11-12-17-18(13-16)22-20(15-9-5-2-6-10-15)19(21-17)14-7-3-1-4-8-14;10-5-6-12-9-3-1-8(7-11)2-4-9;2-1-4-3;;;;/h1-16,19-20H,17-18H2;1-13,23H;1-4,7H,5-6H2;1,3H;1H4;;;/q;;;;;2*+1;-1/p-1. The summed E-state index contributed by atoms with van der Waals surface area (Å²) in [6.07, 6.45) is 1.62. The number of benzene rings is 8. The maximum atomic E-state index is 10.8. The summed E-state index contributed by atoms with van der Waals surface area (Å²) in [5.74, 6) is 2.38. The molecule has 0 aliphatic heterocycles. The van der Waals surface area contributed by atoms with E-state index in [9.17, 15) is 14.7 Å². The molecular formula is C60H51BrK2N4O9. The molecule has 2 aromatic heterocycles. The molecule has 374 valence electrons. The third-order valence-electron chi connectivity index (χ3n) is 10.5. The number of carbonyl (C=O) groups is 3. The van der Waals surface area contributed by atoms with Crippen LogP contribution >= 0.6 is 15.9 Å². The number of hydrogen-bond acceptors (Lipinski definition) is 13. The fourth-order valence-electron chi connectivity index (χ4n) is 7.12. The number of hydrogen-bond donors (Lipinski definition) is 1. The summed E-state index contributed by atoms with van der Waals surface area (Å²) < 4.78 is 16.9. The van der Waals surface area contributed by atoms with Crippen molar-refractivity contribution in [3.05, 3.63) is 217 Å². The summed E-state index contributed by atoms with van der Waals surface area (Å²) in [5, 5.41) is 18.9. The minimum atomic E-state index is -0.181. The SMILES string of the molecule is C.O=CO[O-].O=Cc1ccc(OCCBr)cc1.O=Cc1ccc(OCCOc2ccc3nc(-c4ccccc4)c(-c4ccccc4)nc3c2)cc1.Oc1ccc2nc(-c3ccccc3)c(-c3ccccc3)nc2c1.[H-].[K+].[K+]. The van der Waals surface area contributed by atoms with Crippen molar-refractivity contribution in [1.82, 2.24) is 19.9 Å². The van der Waals surface area contributed by atoms with Crippen molar-refractivity contribution in [2.45, 2.75) is 7.43 Å². The van der Waals surface area contributed by atoms with Gasteiger partial charge in [0.25, 0.3) is 6.47 Å². The molecule has 13 nitrogen and oxygen atoms in total. The second kappa shape index (κ2) is 34.0. The number of halogens is 1. The number of aromatic nitrogens is 4. The van der Waals surface area contributed by atoms with Gasteiger partial charge in [-0.1, -0.05) is 145 Å². The van der Waals surface area contributed by atoms with Crippen LogP contribution < -0.4 is 122 Å². The number of aromatic hydroxyl groups is 1. The molecule has 0 aliphatic carbocycles. The Morgan fingerprint density at radius 1 is 0.434 bits per heavy atom. The molecule has 0 atom stereocenters. The van der Waals surface area contributed by atoms with Crippen LogP contribution in [-0.2, 0) is 9.68 Å². The topological polar surface area (TPSA) is 183 Å². The Morgan fingerprint density at radius 2 is 0.750 bits per heavy atom. The first kappa shape index (κ1) is 62.7. The summed E-state index contributed by atoms with van der Waals surface area (Å²) in [7, 11) is 0. The van der Waals surface area contributed by atoms with Crippen molar-refractivity contribution in [2.75, 3.05) is 25.2 Å². The molecule has 0 spiro atoms. The Labute approximate surface area is 536 Å². The molecule has 8 aromatic carbocycles. The minimum Gasteiger partial charge on any atom is -1.00 e. The maximum absolute atomic E-state index is 10.8. The number of fused-ring (bicyclic) bond motifs is 2. The predicted octanol–water partition coefficient (Wildman–Crippen LogP) is 6.37. The Hall–Kier alpha value is -5.84. The molecular weight excluding hydrogens is 1080 g/mol. The third kappa shape index (κ3) is 18.7. The van der Waals surface area contributed by atoms with Gasteiger partial charge in [-0.05, 0) is 72.8 Å². The van der Waals surface area contributed by atoms with Gasteiger partial charge in [0.05, 0.1) is 51.4 Å². The number of rotatable bonds is 15. The molecule has 0 bridgehead atoms. The Kier molecular flexibility index (Phi) is 28.1. The van der Waals surface area contributed by atoms with Crippen molar-refractivity contribution in [2.24, 2.45) is 0 Å². The molecule has 76 heavy (non-hydrogen) atoms. The van der Waals surface area contributed by atoms with E-state index in [1.54, 1.807) is 66.7 Å². The van der Waals surface area contributed by atoms with Crippen LogP contribution in [0.4, 0.5) is 0 Å². The number of ether oxygens (including phenoxy) is 3. The first-order valence-corrected chi connectivity index (χ1v) is 23.8. The van der Waals surface area contributed by atoms with Gasteiger partial charge in [-0.3, -0.25) is 14.4 Å². The summed E-state index contributed by atoms with van der Waals surface area (Å²) >= 11 is 3.25. The molecule has 0 fully saturated rings. The van der Waals surface area contributed by atoms with E-state index in [0.29, 0.717) is 48.0 Å². The van der Waals surface area contributed by atoms with Gasteiger partial charge in [-0.2, -0.15) is 0 Å². The first-order valence-electron chi connectivity index (χ1n) is 22.7. The summed E-state index contributed by atoms with van der Waals surface area (Å²) in [6, 6.07) is 65.0. The monoisotopic (exact) mass is 1130 g/mol. The van der Waals surface area contributed by atoms with Gasteiger partial charge in [0, 0.05) is 50.8 Å². The van der Waals surface area contributed by atoms with Crippen LogP contribution in [0.3, 0.4) is 0 Å². The molecule has 10 aromatic rings. The molecule has 2 heterocycles. The van der Waals surface area contributed by atoms with Crippen LogP contribution in [0.25, 0.3) is 67.1 Å². The first-order chi connectivity index (χ1) is 35.9. The molecule has 0 unspecified atom stereocenters. The average molecular weight is 1130 g/mol. The average Bonchev–Trinajstić information content (AvgIpc) is 3.46. The van der Waals surface area contributed by atoms with Crippen molar-refractivity contribution < 1.29 is 148 Å². The molecule has 16 heteroatoms. The van der Waals surface area contributed by atoms with Gasteiger partial charge in [-0.25, -0.2) is 19.9 Å².